The Kier molecular flexibility index (Phi) is 5.17. The van der Waals surface area contributed by atoms with Crippen molar-refractivity contribution in [3.05, 3.63) is 0 Å². The van der Waals surface area contributed by atoms with Gasteiger partial charge in [0.05, 0.1) is 13.0 Å². The summed E-state index contributed by atoms with van der Waals surface area (Å²) in [4.78, 5) is 11.6. The molecular weight excluding hydrogens is 176 g/mol. The maximum Gasteiger partial charge on any atom is 0.309 e. The Bertz CT molecular complexity index is 179. The second kappa shape index (κ2) is 5.38. The van der Waals surface area contributed by atoms with Crippen LogP contribution in [0.4, 0.5) is 0 Å². The summed E-state index contributed by atoms with van der Waals surface area (Å²) >= 11 is 0. The highest BCUT2D eigenvalue weighted by Crippen LogP contribution is 2.32. The lowest BCUT2D eigenvalue weighted by atomic mass is 9.75. The first-order valence-corrected chi connectivity index (χ1v) is 5.40. The van der Waals surface area contributed by atoms with Gasteiger partial charge in [0.15, 0.2) is 0 Å². The van der Waals surface area contributed by atoms with Crippen molar-refractivity contribution in [2.75, 3.05) is 7.11 Å². The normalized spacial score (nSPS) is 16.1. The molecule has 0 aliphatic heterocycles. The fraction of sp³-hybridized carbons (Fsp3) is 0.917. The number of esters is 1. The van der Waals surface area contributed by atoms with Gasteiger partial charge in [-0.3, -0.25) is 4.79 Å². The Balaban J connectivity index is 4.49. The van der Waals surface area contributed by atoms with Crippen LogP contribution in [0.5, 0.6) is 0 Å². The molecule has 0 radical (unpaired) electrons. The molecule has 0 aromatic carbocycles. The molecule has 0 heterocycles. The van der Waals surface area contributed by atoms with Crippen molar-refractivity contribution >= 4 is 5.97 Å². The van der Waals surface area contributed by atoms with E-state index in [1.165, 1.54) is 7.11 Å². The summed E-state index contributed by atoms with van der Waals surface area (Å²) in [6.45, 7) is 10.6. The molecule has 2 nitrogen and oxygen atoms in total. The number of methoxy groups -OCH3 is 1. The minimum absolute atomic E-state index is 0.00345. The average molecular weight is 200 g/mol. The fourth-order valence-corrected chi connectivity index (χ4v) is 1.51. The van der Waals surface area contributed by atoms with Crippen LogP contribution in [-0.2, 0) is 9.53 Å². The predicted octanol–water partition coefficient (Wildman–Crippen LogP) is 3.26. The lowest BCUT2D eigenvalue weighted by molar-refractivity contribution is -0.150. The van der Waals surface area contributed by atoms with E-state index in [1.54, 1.807) is 0 Å². The molecule has 0 aromatic heterocycles. The topological polar surface area (TPSA) is 26.3 Å². The van der Waals surface area contributed by atoms with E-state index in [2.05, 4.69) is 34.6 Å². The predicted molar refractivity (Wildman–Crippen MR) is 59.0 cm³/mol. The molecule has 2 atom stereocenters. The van der Waals surface area contributed by atoms with Crippen LogP contribution in [0.15, 0.2) is 0 Å². The number of ether oxygens (including phenoxy) is 1. The summed E-state index contributed by atoms with van der Waals surface area (Å²) in [5, 5.41) is 0. The van der Waals surface area contributed by atoms with Crippen molar-refractivity contribution in [3.8, 4) is 0 Å². The molecule has 2 unspecified atom stereocenters. The lowest BCUT2D eigenvalue weighted by Gasteiger charge is -2.30. The van der Waals surface area contributed by atoms with Crippen LogP contribution in [0.2, 0.25) is 0 Å². The molecule has 0 fully saturated rings. The zero-order valence-electron chi connectivity index (χ0n) is 10.4. The minimum Gasteiger partial charge on any atom is -0.469 e. The van der Waals surface area contributed by atoms with Crippen molar-refractivity contribution in [2.24, 2.45) is 17.3 Å². The van der Waals surface area contributed by atoms with E-state index < -0.39 is 0 Å². The van der Waals surface area contributed by atoms with Gasteiger partial charge in [-0.05, 0) is 17.8 Å². The number of carbonyl (C=O) groups is 1. The zero-order valence-corrected chi connectivity index (χ0v) is 10.4. The van der Waals surface area contributed by atoms with E-state index in [4.69, 9.17) is 4.74 Å². The summed E-state index contributed by atoms with van der Waals surface area (Å²) in [6, 6.07) is 0. The van der Waals surface area contributed by atoms with Crippen LogP contribution in [0.3, 0.4) is 0 Å². The molecule has 0 aliphatic rings. The van der Waals surface area contributed by atoms with Gasteiger partial charge in [-0.1, -0.05) is 41.0 Å². The molecule has 0 bridgehead atoms. The van der Waals surface area contributed by atoms with Gasteiger partial charge in [-0.2, -0.15) is 0 Å². The third-order valence-corrected chi connectivity index (χ3v) is 2.87. The maximum atomic E-state index is 11.6. The monoisotopic (exact) mass is 200 g/mol. The molecule has 84 valence electrons. The molecule has 0 N–H and O–H groups in total. The molecular formula is C12H24O2. The van der Waals surface area contributed by atoms with Crippen LogP contribution >= 0.6 is 0 Å². The largest absolute Gasteiger partial charge is 0.469 e. The smallest absolute Gasteiger partial charge is 0.309 e. The van der Waals surface area contributed by atoms with Gasteiger partial charge < -0.3 is 4.74 Å². The summed E-state index contributed by atoms with van der Waals surface area (Å²) in [5.41, 5.74) is -0.00345. The molecule has 0 aliphatic carbocycles. The summed E-state index contributed by atoms with van der Waals surface area (Å²) in [6.07, 6.45) is 2.04. The van der Waals surface area contributed by atoms with E-state index in [1.807, 2.05) is 0 Å². The third kappa shape index (κ3) is 4.12. The highest BCUT2D eigenvalue weighted by Gasteiger charge is 2.32. The molecule has 0 spiro atoms. The van der Waals surface area contributed by atoms with E-state index in [9.17, 15) is 4.79 Å². The Hall–Kier alpha value is -0.530. The first-order chi connectivity index (χ1) is 6.32. The Morgan fingerprint density at radius 1 is 1.36 bits per heavy atom. The Morgan fingerprint density at radius 2 is 1.86 bits per heavy atom. The van der Waals surface area contributed by atoms with Crippen LogP contribution in [0.1, 0.15) is 47.5 Å². The van der Waals surface area contributed by atoms with E-state index in [-0.39, 0.29) is 17.3 Å². The van der Waals surface area contributed by atoms with Gasteiger partial charge in [0.25, 0.3) is 0 Å². The summed E-state index contributed by atoms with van der Waals surface area (Å²) in [5.74, 6) is 0.526. The summed E-state index contributed by atoms with van der Waals surface area (Å²) < 4.78 is 4.85. The van der Waals surface area contributed by atoms with Gasteiger partial charge in [-0.15, -0.1) is 0 Å². The SMILES string of the molecule is CCC(C)CC(C(=O)OC)C(C)(C)C. The second-order valence-corrected chi connectivity index (χ2v) is 5.19. The zero-order chi connectivity index (χ0) is 11.4. The van der Waals surface area contributed by atoms with Crippen molar-refractivity contribution < 1.29 is 9.53 Å². The molecule has 0 rings (SSSR count). The standard InChI is InChI=1S/C12H24O2/c1-7-9(2)8-10(11(13)14-6)12(3,4)5/h9-10H,7-8H2,1-6H3. The Labute approximate surface area is 88.0 Å². The van der Waals surface area contributed by atoms with Crippen LogP contribution < -0.4 is 0 Å². The van der Waals surface area contributed by atoms with Crippen LogP contribution in [0.25, 0.3) is 0 Å². The number of carbonyl (C=O) groups excluding carboxylic acids is 1. The molecule has 0 amide bonds. The lowest BCUT2D eigenvalue weighted by Crippen LogP contribution is -2.31. The van der Waals surface area contributed by atoms with E-state index >= 15 is 0 Å². The third-order valence-electron chi connectivity index (χ3n) is 2.87. The van der Waals surface area contributed by atoms with Crippen LogP contribution in [0, 0.1) is 17.3 Å². The van der Waals surface area contributed by atoms with Gasteiger partial charge in [0.2, 0.25) is 0 Å². The highest BCUT2D eigenvalue weighted by atomic mass is 16.5. The Morgan fingerprint density at radius 3 is 2.14 bits per heavy atom. The van der Waals surface area contributed by atoms with Crippen LogP contribution in [-0.4, -0.2) is 13.1 Å². The summed E-state index contributed by atoms with van der Waals surface area (Å²) in [7, 11) is 1.47. The maximum absolute atomic E-state index is 11.6. The average Bonchev–Trinajstić information content (AvgIpc) is 2.10. The van der Waals surface area contributed by atoms with Gasteiger partial charge in [0, 0.05) is 0 Å². The number of hydrogen-bond donors (Lipinski definition) is 0. The minimum atomic E-state index is -0.0715. The molecule has 14 heavy (non-hydrogen) atoms. The number of hydrogen-bond acceptors (Lipinski definition) is 2. The van der Waals surface area contributed by atoms with Crippen molar-refractivity contribution in [1.29, 1.82) is 0 Å². The van der Waals surface area contributed by atoms with Crippen molar-refractivity contribution in [3.63, 3.8) is 0 Å². The first-order valence-electron chi connectivity index (χ1n) is 5.40. The molecule has 0 aromatic rings. The number of rotatable bonds is 4. The van der Waals surface area contributed by atoms with Gasteiger partial charge in [-0.25, -0.2) is 0 Å². The second-order valence-electron chi connectivity index (χ2n) is 5.19. The van der Waals surface area contributed by atoms with Crippen molar-refractivity contribution in [1.82, 2.24) is 0 Å². The molecule has 0 saturated carbocycles. The quantitative estimate of drug-likeness (QED) is 0.651. The molecule has 0 saturated heterocycles. The van der Waals surface area contributed by atoms with Gasteiger partial charge in [0.1, 0.15) is 0 Å². The van der Waals surface area contributed by atoms with E-state index in [0.29, 0.717) is 5.92 Å². The first kappa shape index (κ1) is 13.5. The van der Waals surface area contributed by atoms with E-state index in [0.717, 1.165) is 12.8 Å². The highest BCUT2D eigenvalue weighted by molar-refractivity contribution is 5.73. The molecule has 2 heteroatoms. The van der Waals surface area contributed by atoms with Crippen molar-refractivity contribution in [2.45, 2.75) is 47.5 Å². The fourth-order valence-electron chi connectivity index (χ4n) is 1.51. The van der Waals surface area contributed by atoms with Gasteiger partial charge >= 0.3 is 5.97 Å².